The van der Waals surface area contributed by atoms with Crippen LogP contribution in [0.2, 0.25) is 0 Å². The van der Waals surface area contributed by atoms with Crippen molar-refractivity contribution >= 4 is 18.2 Å². The highest BCUT2D eigenvalue weighted by atomic mass is 16.1. The fraction of sp³-hybridized carbons (Fsp3) is 0.700. The van der Waals surface area contributed by atoms with Crippen LogP contribution >= 0.6 is 0 Å². The third-order valence-corrected chi connectivity index (χ3v) is 2.68. The van der Waals surface area contributed by atoms with Crippen LogP contribution in [0.15, 0.2) is 15.0 Å². The Balaban J connectivity index is 2.93. The molecule has 0 bridgehead atoms. The van der Waals surface area contributed by atoms with Gasteiger partial charge in [0.1, 0.15) is 0 Å². The highest BCUT2D eigenvalue weighted by Crippen LogP contribution is 2.34. The molecule has 6 nitrogen and oxygen atoms in total. The molecule has 0 aromatic carbocycles. The van der Waals surface area contributed by atoms with Crippen LogP contribution in [-0.2, 0) is 14.4 Å². The Morgan fingerprint density at radius 3 is 1.88 bits per heavy atom. The van der Waals surface area contributed by atoms with Crippen LogP contribution < -0.4 is 0 Å². The Bertz CT molecular complexity index is 376. The molecule has 0 amide bonds. The van der Waals surface area contributed by atoms with Gasteiger partial charge in [-0.3, -0.25) is 0 Å². The van der Waals surface area contributed by atoms with Crippen molar-refractivity contribution in [1.82, 2.24) is 0 Å². The van der Waals surface area contributed by atoms with Crippen LogP contribution in [0, 0.1) is 0 Å². The van der Waals surface area contributed by atoms with Gasteiger partial charge in [0.25, 0.3) is 0 Å². The van der Waals surface area contributed by atoms with Crippen LogP contribution in [0.3, 0.4) is 0 Å². The molecule has 0 heterocycles. The van der Waals surface area contributed by atoms with Gasteiger partial charge in [0.15, 0.2) is 0 Å². The topological polar surface area (TPSA) is 88.3 Å². The Morgan fingerprint density at radius 1 is 1.00 bits per heavy atom. The van der Waals surface area contributed by atoms with E-state index in [-0.39, 0.29) is 12.1 Å². The van der Waals surface area contributed by atoms with E-state index in [1.54, 1.807) is 6.92 Å². The lowest BCUT2D eigenvalue weighted by Gasteiger charge is -2.34. The van der Waals surface area contributed by atoms with E-state index in [4.69, 9.17) is 0 Å². The van der Waals surface area contributed by atoms with Crippen molar-refractivity contribution in [3.63, 3.8) is 0 Å². The van der Waals surface area contributed by atoms with E-state index in [1.807, 2.05) is 0 Å². The number of hydrogen-bond donors (Lipinski definition) is 0. The molecule has 1 aliphatic rings. The normalized spacial score (nSPS) is 32.8. The van der Waals surface area contributed by atoms with Crippen LogP contribution in [0.1, 0.15) is 26.2 Å². The standard InChI is InChI=1S/C10H11N3O3/c1-10(13-7-16)3-8(11-5-14)2-9(4-10)12-6-15/h8-9H,2-4H2,1H3. The fourth-order valence-corrected chi connectivity index (χ4v) is 2.13. The lowest BCUT2D eigenvalue weighted by molar-refractivity contribution is 0.266. The molecule has 0 N–H and O–H groups in total. The number of isocyanates is 3. The number of hydrogen-bond acceptors (Lipinski definition) is 6. The summed E-state index contributed by atoms with van der Waals surface area (Å²) in [7, 11) is 0. The van der Waals surface area contributed by atoms with Crippen molar-refractivity contribution in [1.29, 1.82) is 0 Å². The van der Waals surface area contributed by atoms with Crippen molar-refractivity contribution < 1.29 is 14.4 Å². The van der Waals surface area contributed by atoms with E-state index < -0.39 is 5.54 Å². The van der Waals surface area contributed by atoms with Crippen LogP contribution in [-0.4, -0.2) is 35.9 Å². The second-order valence-electron chi connectivity index (χ2n) is 4.09. The molecule has 1 rings (SSSR count). The van der Waals surface area contributed by atoms with E-state index in [2.05, 4.69) is 15.0 Å². The maximum Gasteiger partial charge on any atom is 0.235 e. The molecule has 0 radical (unpaired) electrons. The minimum Gasteiger partial charge on any atom is -0.211 e. The van der Waals surface area contributed by atoms with Crippen molar-refractivity contribution in [3.8, 4) is 0 Å². The predicted octanol–water partition coefficient (Wildman–Crippen LogP) is 0.674. The van der Waals surface area contributed by atoms with E-state index >= 15 is 0 Å². The Labute approximate surface area is 92.2 Å². The zero-order chi connectivity index (χ0) is 12.0. The molecule has 1 saturated carbocycles. The van der Waals surface area contributed by atoms with E-state index in [0.717, 1.165) is 0 Å². The molecule has 1 aliphatic carbocycles. The Morgan fingerprint density at radius 2 is 1.50 bits per heavy atom. The molecule has 0 aliphatic heterocycles. The summed E-state index contributed by atoms with van der Waals surface area (Å²) in [6, 6.07) is -0.620. The molecule has 0 aromatic heterocycles. The SMILES string of the molecule is CC1(N=C=O)CC(N=C=O)CC(N=C=O)C1. The second kappa shape index (κ2) is 5.29. The average molecular weight is 221 g/mol. The molecule has 0 spiro atoms. The molecule has 6 heteroatoms. The molecule has 16 heavy (non-hydrogen) atoms. The molecule has 2 atom stereocenters. The number of nitrogens with zero attached hydrogens (tertiary/aromatic N) is 3. The van der Waals surface area contributed by atoms with E-state index in [1.165, 1.54) is 18.2 Å². The van der Waals surface area contributed by atoms with Gasteiger partial charge in [-0.05, 0) is 26.2 Å². The first-order chi connectivity index (χ1) is 7.63. The zero-order valence-electron chi connectivity index (χ0n) is 8.84. The predicted molar refractivity (Wildman–Crippen MR) is 54.2 cm³/mol. The van der Waals surface area contributed by atoms with Crippen LogP contribution in [0.25, 0.3) is 0 Å². The smallest absolute Gasteiger partial charge is 0.211 e. The van der Waals surface area contributed by atoms with Gasteiger partial charge < -0.3 is 0 Å². The third kappa shape index (κ3) is 3.07. The first-order valence-electron chi connectivity index (χ1n) is 4.86. The summed E-state index contributed by atoms with van der Waals surface area (Å²) in [4.78, 5) is 41.6. The third-order valence-electron chi connectivity index (χ3n) is 2.68. The molecule has 2 unspecified atom stereocenters. The summed E-state index contributed by atoms with van der Waals surface area (Å²) in [6.07, 6.45) is 5.85. The van der Waals surface area contributed by atoms with Gasteiger partial charge >= 0.3 is 0 Å². The summed E-state index contributed by atoms with van der Waals surface area (Å²) in [5.41, 5.74) is -0.671. The average Bonchev–Trinajstić information content (AvgIpc) is 2.17. The van der Waals surface area contributed by atoms with Gasteiger partial charge in [-0.15, -0.1) is 0 Å². The van der Waals surface area contributed by atoms with Crippen molar-refractivity contribution in [2.75, 3.05) is 0 Å². The minimum absolute atomic E-state index is 0.310. The van der Waals surface area contributed by atoms with Gasteiger partial charge in [0.05, 0.1) is 17.6 Å². The van der Waals surface area contributed by atoms with Gasteiger partial charge in [-0.1, -0.05) is 0 Å². The highest BCUT2D eigenvalue weighted by Gasteiger charge is 2.37. The van der Waals surface area contributed by atoms with Gasteiger partial charge in [-0.25, -0.2) is 24.4 Å². The first-order valence-corrected chi connectivity index (χ1v) is 4.86. The maximum absolute atomic E-state index is 10.3. The van der Waals surface area contributed by atoms with Crippen molar-refractivity contribution in [3.05, 3.63) is 0 Å². The van der Waals surface area contributed by atoms with Gasteiger partial charge in [0.2, 0.25) is 18.2 Å². The summed E-state index contributed by atoms with van der Waals surface area (Å²) in [6.45, 7) is 1.75. The number of rotatable bonds is 3. The zero-order valence-corrected chi connectivity index (χ0v) is 8.84. The lowest BCUT2D eigenvalue weighted by Crippen LogP contribution is -2.38. The molecule has 0 saturated heterocycles. The molecule has 0 aromatic rings. The number of aliphatic imine (C=N–C) groups is 3. The maximum atomic E-state index is 10.3. The highest BCUT2D eigenvalue weighted by molar-refractivity contribution is 5.37. The first kappa shape index (κ1) is 12.2. The molecule has 84 valence electrons. The number of carbonyl (C=O) groups excluding carboxylic acids is 3. The van der Waals surface area contributed by atoms with Crippen molar-refractivity contribution in [2.45, 2.75) is 43.8 Å². The quantitative estimate of drug-likeness (QED) is 0.518. The fourth-order valence-electron chi connectivity index (χ4n) is 2.13. The van der Waals surface area contributed by atoms with Crippen LogP contribution in [0.5, 0.6) is 0 Å². The molecule has 1 fully saturated rings. The van der Waals surface area contributed by atoms with E-state index in [9.17, 15) is 14.4 Å². The largest absolute Gasteiger partial charge is 0.235 e. The monoisotopic (exact) mass is 221 g/mol. The molecular formula is C10H11N3O3. The summed E-state index contributed by atoms with van der Waals surface area (Å²) >= 11 is 0. The summed E-state index contributed by atoms with van der Waals surface area (Å²) in [5.74, 6) is 0. The molecular weight excluding hydrogens is 210 g/mol. The lowest BCUT2D eigenvalue weighted by atomic mass is 9.78. The van der Waals surface area contributed by atoms with Gasteiger partial charge in [0, 0.05) is 0 Å². The van der Waals surface area contributed by atoms with Gasteiger partial charge in [-0.2, -0.15) is 4.99 Å². The summed E-state index contributed by atoms with van der Waals surface area (Å²) in [5, 5.41) is 0. The minimum atomic E-state index is -0.671. The van der Waals surface area contributed by atoms with Crippen molar-refractivity contribution in [2.24, 2.45) is 15.0 Å². The summed E-state index contributed by atoms with van der Waals surface area (Å²) < 4.78 is 0. The van der Waals surface area contributed by atoms with E-state index in [0.29, 0.717) is 19.3 Å². The Hall–Kier alpha value is -1.86. The Kier molecular flexibility index (Phi) is 4.03. The van der Waals surface area contributed by atoms with Crippen LogP contribution in [0.4, 0.5) is 0 Å². The second-order valence-corrected chi connectivity index (χ2v) is 4.09.